The number of likely N-dealkylation sites (tertiary alicyclic amines) is 1. The normalized spacial score (nSPS) is 28.1. The summed E-state index contributed by atoms with van der Waals surface area (Å²) in [7, 11) is 0. The van der Waals surface area contributed by atoms with Crippen molar-refractivity contribution in [3.05, 3.63) is 23.3 Å². The molecule has 1 fully saturated rings. The van der Waals surface area contributed by atoms with Gasteiger partial charge < -0.3 is 4.90 Å². The number of hydrogen-bond donors (Lipinski definition) is 1. The van der Waals surface area contributed by atoms with Crippen molar-refractivity contribution in [1.82, 2.24) is 20.3 Å². The van der Waals surface area contributed by atoms with Gasteiger partial charge in [-0.2, -0.15) is 28.6 Å². The van der Waals surface area contributed by atoms with Gasteiger partial charge in [0.25, 0.3) is 0 Å². The smallest absolute Gasteiger partial charge is 0.331 e. The highest BCUT2D eigenvalue weighted by molar-refractivity contribution is 5.83. The SMILES string of the molecule is CC1(C)[C@H]2Cc3cc4n[nH]nc4cc3[C@]1(C)CCN2C(=O)C(F)(F)F. The molecular formula is C17H19F3N4O. The number of carbonyl (C=O) groups excluding carboxylic acids is 1. The third-order valence-electron chi connectivity index (χ3n) is 6.54. The topological polar surface area (TPSA) is 61.9 Å². The van der Waals surface area contributed by atoms with Gasteiger partial charge in [-0.15, -0.1) is 0 Å². The number of aromatic amines is 1. The van der Waals surface area contributed by atoms with E-state index in [1.54, 1.807) is 0 Å². The number of halogens is 3. The van der Waals surface area contributed by atoms with Crippen LogP contribution in [0, 0.1) is 5.41 Å². The van der Waals surface area contributed by atoms with E-state index < -0.39 is 23.5 Å². The summed E-state index contributed by atoms with van der Waals surface area (Å²) in [5.41, 5.74) is 2.68. The molecule has 1 aromatic carbocycles. The molecule has 5 nitrogen and oxygen atoms in total. The summed E-state index contributed by atoms with van der Waals surface area (Å²) >= 11 is 0. The summed E-state index contributed by atoms with van der Waals surface area (Å²) in [5.74, 6) is -1.74. The van der Waals surface area contributed by atoms with Gasteiger partial charge in [0.05, 0.1) is 0 Å². The standard InChI is InChI=1S/C17H19F3N4O/c1-15(2)13-7-9-6-11-12(22-23-21-11)8-10(9)16(15,3)4-5-24(13)14(25)17(18,19)20/h6,8,13H,4-5,7H2,1-3H3,(H,21,22,23)/t13-,16+/m1/s1. The van der Waals surface area contributed by atoms with Gasteiger partial charge in [0, 0.05) is 18.0 Å². The predicted molar refractivity (Wildman–Crippen MR) is 84.9 cm³/mol. The van der Waals surface area contributed by atoms with E-state index in [4.69, 9.17) is 0 Å². The van der Waals surface area contributed by atoms with E-state index in [9.17, 15) is 18.0 Å². The summed E-state index contributed by atoms with van der Waals surface area (Å²) in [6.07, 6.45) is -3.97. The average Bonchev–Trinajstić information content (AvgIpc) is 2.95. The number of hydrogen-bond acceptors (Lipinski definition) is 3. The number of nitrogens with zero attached hydrogens (tertiary/aromatic N) is 3. The Morgan fingerprint density at radius 2 is 1.88 bits per heavy atom. The second-order valence-electron chi connectivity index (χ2n) is 7.84. The summed E-state index contributed by atoms with van der Waals surface area (Å²) < 4.78 is 39.2. The highest BCUT2D eigenvalue weighted by atomic mass is 19.4. The largest absolute Gasteiger partial charge is 0.471 e. The van der Waals surface area contributed by atoms with Crippen LogP contribution < -0.4 is 0 Å². The van der Waals surface area contributed by atoms with Crippen LogP contribution in [0.3, 0.4) is 0 Å². The summed E-state index contributed by atoms with van der Waals surface area (Å²) in [4.78, 5) is 13.0. The van der Waals surface area contributed by atoms with Gasteiger partial charge in [0.1, 0.15) is 11.0 Å². The van der Waals surface area contributed by atoms with Gasteiger partial charge in [-0.05, 0) is 41.5 Å². The van der Waals surface area contributed by atoms with Crippen molar-refractivity contribution in [3.63, 3.8) is 0 Å². The summed E-state index contributed by atoms with van der Waals surface area (Å²) in [6, 6.07) is 3.38. The molecule has 1 aliphatic carbocycles. The lowest BCUT2D eigenvalue weighted by Crippen LogP contribution is -2.66. The molecule has 25 heavy (non-hydrogen) atoms. The molecule has 1 aromatic heterocycles. The molecule has 2 aliphatic rings. The van der Waals surface area contributed by atoms with E-state index in [0.29, 0.717) is 18.4 Å². The van der Waals surface area contributed by atoms with E-state index >= 15 is 0 Å². The van der Waals surface area contributed by atoms with Gasteiger partial charge in [-0.25, -0.2) is 0 Å². The number of aromatic nitrogens is 3. The van der Waals surface area contributed by atoms with Crippen molar-refractivity contribution >= 4 is 16.9 Å². The quantitative estimate of drug-likeness (QED) is 0.793. The van der Waals surface area contributed by atoms with Crippen LogP contribution in [0.4, 0.5) is 13.2 Å². The molecule has 2 aromatic rings. The molecule has 2 bridgehead atoms. The van der Waals surface area contributed by atoms with Crippen LogP contribution in [-0.2, 0) is 16.6 Å². The molecule has 1 aliphatic heterocycles. The minimum absolute atomic E-state index is 0.110. The first-order chi connectivity index (χ1) is 11.6. The fourth-order valence-electron chi connectivity index (χ4n) is 4.66. The Balaban J connectivity index is 1.87. The Hall–Kier alpha value is -2.12. The number of H-pyrrole nitrogens is 1. The molecule has 134 valence electrons. The molecule has 4 rings (SSSR count). The average molecular weight is 352 g/mol. The maximum Gasteiger partial charge on any atom is 0.471 e. The highest BCUT2D eigenvalue weighted by Gasteiger charge is 2.59. The summed E-state index contributed by atoms with van der Waals surface area (Å²) in [5, 5.41) is 10.8. The number of carbonyl (C=O) groups is 1. The molecule has 2 atom stereocenters. The number of piperidine rings is 1. The van der Waals surface area contributed by atoms with Crippen LogP contribution in [0.15, 0.2) is 12.1 Å². The minimum atomic E-state index is -4.85. The van der Waals surface area contributed by atoms with Crippen LogP contribution in [0.2, 0.25) is 0 Å². The van der Waals surface area contributed by atoms with Crippen LogP contribution in [-0.4, -0.2) is 45.0 Å². The summed E-state index contributed by atoms with van der Waals surface area (Å²) in [6.45, 7) is 6.12. The number of amides is 1. The number of fused-ring (bicyclic) bond motifs is 5. The van der Waals surface area contributed by atoms with E-state index in [0.717, 1.165) is 21.5 Å². The number of nitrogens with one attached hydrogen (secondary N) is 1. The molecule has 8 heteroatoms. The lowest BCUT2D eigenvalue weighted by molar-refractivity contribution is -0.195. The van der Waals surface area contributed by atoms with Crippen LogP contribution in [0.1, 0.15) is 38.3 Å². The van der Waals surface area contributed by atoms with E-state index in [2.05, 4.69) is 22.3 Å². The van der Waals surface area contributed by atoms with Crippen LogP contribution in [0.5, 0.6) is 0 Å². The monoisotopic (exact) mass is 352 g/mol. The van der Waals surface area contributed by atoms with Gasteiger partial charge in [-0.3, -0.25) is 4.79 Å². The Bertz CT molecular complexity index is 872. The minimum Gasteiger partial charge on any atom is -0.331 e. The molecule has 0 saturated carbocycles. The first kappa shape index (κ1) is 16.4. The lowest BCUT2D eigenvalue weighted by atomic mass is 9.51. The third kappa shape index (κ3) is 2.05. The number of rotatable bonds is 0. The zero-order valence-electron chi connectivity index (χ0n) is 14.2. The molecule has 1 amide bonds. The van der Waals surface area contributed by atoms with Gasteiger partial charge in [0.2, 0.25) is 0 Å². The Labute approximate surface area is 142 Å². The molecule has 0 unspecified atom stereocenters. The number of alkyl halides is 3. The van der Waals surface area contributed by atoms with Crippen molar-refractivity contribution in [2.45, 2.75) is 51.2 Å². The van der Waals surface area contributed by atoms with Crippen molar-refractivity contribution in [2.75, 3.05) is 6.54 Å². The molecular weight excluding hydrogens is 333 g/mol. The Kier molecular flexibility index (Phi) is 3.10. The zero-order valence-corrected chi connectivity index (χ0v) is 14.2. The van der Waals surface area contributed by atoms with Crippen molar-refractivity contribution < 1.29 is 18.0 Å². The highest BCUT2D eigenvalue weighted by Crippen LogP contribution is 2.56. The Morgan fingerprint density at radius 3 is 2.52 bits per heavy atom. The second-order valence-corrected chi connectivity index (χ2v) is 7.84. The Morgan fingerprint density at radius 1 is 1.24 bits per heavy atom. The fraction of sp³-hybridized carbons (Fsp3) is 0.588. The molecule has 0 spiro atoms. The molecule has 2 heterocycles. The second kappa shape index (κ2) is 4.74. The van der Waals surface area contributed by atoms with E-state index in [1.807, 2.05) is 26.0 Å². The number of benzene rings is 1. The third-order valence-corrected chi connectivity index (χ3v) is 6.54. The predicted octanol–water partition coefficient (Wildman–Crippen LogP) is 2.96. The van der Waals surface area contributed by atoms with Crippen LogP contribution >= 0.6 is 0 Å². The van der Waals surface area contributed by atoms with Gasteiger partial charge in [0.15, 0.2) is 0 Å². The van der Waals surface area contributed by atoms with Crippen molar-refractivity contribution in [1.29, 1.82) is 0 Å². The molecule has 0 radical (unpaired) electrons. The van der Waals surface area contributed by atoms with Crippen molar-refractivity contribution in [3.8, 4) is 0 Å². The first-order valence-electron chi connectivity index (χ1n) is 8.27. The zero-order chi connectivity index (χ0) is 18.2. The molecule has 1 N–H and O–H groups in total. The van der Waals surface area contributed by atoms with Crippen molar-refractivity contribution in [2.24, 2.45) is 5.41 Å². The van der Waals surface area contributed by atoms with Crippen LogP contribution in [0.25, 0.3) is 11.0 Å². The lowest BCUT2D eigenvalue weighted by Gasteiger charge is -2.60. The molecule has 1 saturated heterocycles. The maximum absolute atomic E-state index is 13.1. The van der Waals surface area contributed by atoms with Gasteiger partial charge in [-0.1, -0.05) is 20.8 Å². The van der Waals surface area contributed by atoms with E-state index in [-0.39, 0.29) is 12.0 Å². The fourth-order valence-corrected chi connectivity index (χ4v) is 4.66. The first-order valence-corrected chi connectivity index (χ1v) is 8.27. The van der Waals surface area contributed by atoms with Gasteiger partial charge >= 0.3 is 12.1 Å². The maximum atomic E-state index is 13.1. The van der Waals surface area contributed by atoms with E-state index in [1.165, 1.54) is 0 Å².